The van der Waals surface area contributed by atoms with Gasteiger partial charge >= 0.3 is 0 Å². The number of hydrogen-bond acceptors (Lipinski definition) is 3. The van der Waals surface area contributed by atoms with Gasteiger partial charge in [0.15, 0.2) is 5.96 Å². The summed E-state index contributed by atoms with van der Waals surface area (Å²) in [6, 6.07) is 16.3. The van der Waals surface area contributed by atoms with Crippen LogP contribution in [-0.4, -0.2) is 43.0 Å². The zero-order chi connectivity index (χ0) is 21.3. The summed E-state index contributed by atoms with van der Waals surface area (Å²) in [5.41, 5.74) is 3.70. The smallest absolute Gasteiger partial charge is 0.223 e. The molecule has 1 aliphatic heterocycles. The number of amides is 1. The van der Waals surface area contributed by atoms with Crippen LogP contribution in [-0.2, 0) is 17.9 Å². The Balaban J connectivity index is 0.00000341. The lowest BCUT2D eigenvalue weighted by Gasteiger charge is -2.18. The average Bonchev–Trinajstić information content (AvgIpc) is 3.17. The first-order valence-electron chi connectivity index (χ1n) is 10.6. The van der Waals surface area contributed by atoms with E-state index in [9.17, 15) is 4.79 Å². The maximum atomic E-state index is 12.5. The number of ether oxygens (including phenoxy) is 1. The monoisotopic (exact) mass is 536 g/mol. The van der Waals surface area contributed by atoms with E-state index >= 15 is 0 Å². The molecule has 0 spiro atoms. The van der Waals surface area contributed by atoms with Gasteiger partial charge in [0.25, 0.3) is 0 Å². The number of guanidine groups is 1. The van der Waals surface area contributed by atoms with E-state index in [2.05, 4.69) is 40.7 Å². The number of hydrogen-bond donors (Lipinski definition) is 2. The number of carbonyl (C=O) groups is 1. The number of halogens is 1. The maximum Gasteiger partial charge on any atom is 0.223 e. The molecule has 3 rings (SSSR count). The predicted molar refractivity (Wildman–Crippen MR) is 136 cm³/mol. The van der Waals surface area contributed by atoms with Crippen molar-refractivity contribution in [1.29, 1.82) is 0 Å². The molecule has 7 heteroatoms. The van der Waals surface area contributed by atoms with Gasteiger partial charge in [-0.05, 0) is 49.1 Å². The molecule has 31 heavy (non-hydrogen) atoms. The normalized spacial score (nSPS) is 13.8. The minimum Gasteiger partial charge on any atom is -0.489 e. The van der Waals surface area contributed by atoms with Gasteiger partial charge in [0.1, 0.15) is 11.9 Å². The Morgan fingerprint density at radius 1 is 1.13 bits per heavy atom. The van der Waals surface area contributed by atoms with Crippen molar-refractivity contribution < 1.29 is 9.53 Å². The van der Waals surface area contributed by atoms with Gasteiger partial charge < -0.3 is 20.3 Å². The molecule has 2 N–H and O–H groups in total. The van der Waals surface area contributed by atoms with Crippen molar-refractivity contribution in [3.05, 3.63) is 65.2 Å². The Morgan fingerprint density at radius 3 is 2.48 bits per heavy atom. The predicted octanol–water partition coefficient (Wildman–Crippen LogP) is 3.87. The third-order valence-corrected chi connectivity index (χ3v) is 5.16. The standard InChI is InChI=1S/C24H32N4O2.HI/c1-18-8-6-11-22(14-18)30-19(2)15-27-24(25-3)26-13-7-12-23(29)28-16-20-9-4-5-10-21(20)17-28;/h4-6,8-11,14,19H,7,12-13,15-17H2,1-3H3,(H2,25,26,27);1H. The first-order valence-corrected chi connectivity index (χ1v) is 10.6. The highest BCUT2D eigenvalue weighted by molar-refractivity contribution is 14.0. The summed E-state index contributed by atoms with van der Waals surface area (Å²) < 4.78 is 5.94. The summed E-state index contributed by atoms with van der Waals surface area (Å²) in [6.07, 6.45) is 1.30. The number of nitrogens with one attached hydrogen (secondary N) is 2. The Labute approximate surface area is 202 Å². The number of carbonyl (C=O) groups excluding carboxylic acids is 1. The van der Waals surface area contributed by atoms with Crippen molar-refractivity contribution in [3.63, 3.8) is 0 Å². The highest BCUT2D eigenvalue weighted by Crippen LogP contribution is 2.22. The van der Waals surface area contributed by atoms with Gasteiger partial charge in [-0.1, -0.05) is 36.4 Å². The summed E-state index contributed by atoms with van der Waals surface area (Å²) >= 11 is 0. The highest BCUT2D eigenvalue weighted by atomic mass is 127. The van der Waals surface area contributed by atoms with Crippen LogP contribution in [0.15, 0.2) is 53.5 Å². The van der Waals surface area contributed by atoms with Gasteiger partial charge in [-0.2, -0.15) is 0 Å². The fraction of sp³-hybridized carbons (Fsp3) is 0.417. The molecule has 1 amide bonds. The van der Waals surface area contributed by atoms with Crippen LogP contribution in [0.5, 0.6) is 5.75 Å². The SMILES string of the molecule is CN=C(NCCCC(=O)N1Cc2ccccc2C1)NCC(C)Oc1cccc(C)c1.I. The van der Waals surface area contributed by atoms with E-state index in [1.54, 1.807) is 7.05 Å². The zero-order valence-electron chi connectivity index (χ0n) is 18.6. The lowest BCUT2D eigenvalue weighted by molar-refractivity contribution is -0.131. The van der Waals surface area contributed by atoms with Gasteiger partial charge in [-0.25, -0.2) is 0 Å². The number of nitrogens with zero attached hydrogens (tertiary/aromatic N) is 2. The molecule has 1 atom stereocenters. The van der Waals surface area contributed by atoms with E-state index in [1.807, 2.05) is 42.2 Å². The molecule has 168 valence electrons. The van der Waals surface area contributed by atoms with Crippen molar-refractivity contribution in [1.82, 2.24) is 15.5 Å². The summed E-state index contributed by atoms with van der Waals surface area (Å²) in [5.74, 6) is 1.79. The van der Waals surface area contributed by atoms with Crippen LogP contribution in [0, 0.1) is 6.92 Å². The molecule has 2 aromatic rings. The van der Waals surface area contributed by atoms with Crippen LogP contribution in [0.25, 0.3) is 0 Å². The van der Waals surface area contributed by atoms with E-state index < -0.39 is 0 Å². The van der Waals surface area contributed by atoms with Crippen LogP contribution in [0.4, 0.5) is 0 Å². The molecule has 6 nitrogen and oxygen atoms in total. The molecule has 1 unspecified atom stereocenters. The lowest BCUT2D eigenvalue weighted by atomic mass is 10.1. The third-order valence-electron chi connectivity index (χ3n) is 5.16. The number of benzene rings is 2. The first kappa shape index (κ1) is 25.0. The third kappa shape index (κ3) is 7.72. The van der Waals surface area contributed by atoms with Gasteiger partial charge in [0, 0.05) is 33.1 Å². The fourth-order valence-electron chi connectivity index (χ4n) is 3.54. The number of aryl methyl sites for hydroxylation is 1. The Hall–Kier alpha value is -2.29. The number of rotatable bonds is 8. The van der Waals surface area contributed by atoms with Gasteiger partial charge in [0.05, 0.1) is 6.54 Å². The van der Waals surface area contributed by atoms with Crippen LogP contribution in [0.2, 0.25) is 0 Å². The maximum absolute atomic E-state index is 12.5. The zero-order valence-corrected chi connectivity index (χ0v) is 20.9. The molecular weight excluding hydrogens is 503 g/mol. The molecule has 0 aromatic heterocycles. The van der Waals surface area contributed by atoms with E-state index in [4.69, 9.17) is 4.74 Å². The van der Waals surface area contributed by atoms with Crippen molar-refractivity contribution in [2.24, 2.45) is 4.99 Å². The summed E-state index contributed by atoms with van der Waals surface area (Å²) in [4.78, 5) is 18.7. The van der Waals surface area contributed by atoms with Crippen LogP contribution in [0.1, 0.15) is 36.5 Å². The van der Waals surface area contributed by atoms with Crippen molar-refractivity contribution in [2.45, 2.75) is 45.9 Å². The minimum absolute atomic E-state index is 0. The summed E-state index contributed by atoms with van der Waals surface area (Å²) in [7, 11) is 1.74. The lowest BCUT2D eigenvalue weighted by Crippen LogP contribution is -2.42. The Bertz CT molecular complexity index is 862. The van der Waals surface area contributed by atoms with E-state index in [0.717, 1.165) is 31.2 Å². The number of fused-ring (bicyclic) bond motifs is 1. The van der Waals surface area contributed by atoms with E-state index in [1.165, 1.54) is 16.7 Å². The first-order chi connectivity index (χ1) is 14.5. The second-order valence-electron chi connectivity index (χ2n) is 7.75. The van der Waals surface area contributed by atoms with Crippen LogP contribution < -0.4 is 15.4 Å². The minimum atomic E-state index is 0. The fourth-order valence-corrected chi connectivity index (χ4v) is 3.54. The van der Waals surface area contributed by atoms with Crippen molar-refractivity contribution in [3.8, 4) is 5.75 Å². The second kappa shape index (κ2) is 12.5. The molecule has 0 saturated heterocycles. The molecule has 1 heterocycles. The average molecular weight is 536 g/mol. The molecule has 0 fully saturated rings. The summed E-state index contributed by atoms with van der Waals surface area (Å²) in [5, 5.41) is 6.55. The van der Waals surface area contributed by atoms with Gasteiger partial charge in [-0.15, -0.1) is 24.0 Å². The molecule has 0 aliphatic carbocycles. The molecule has 0 saturated carbocycles. The van der Waals surface area contributed by atoms with Crippen LogP contribution in [0.3, 0.4) is 0 Å². The Morgan fingerprint density at radius 2 is 1.84 bits per heavy atom. The van der Waals surface area contributed by atoms with Crippen molar-refractivity contribution in [2.75, 3.05) is 20.1 Å². The highest BCUT2D eigenvalue weighted by Gasteiger charge is 2.22. The van der Waals surface area contributed by atoms with E-state index in [-0.39, 0.29) is 36.0 Å². The molecule has 2 aromatic carbocycles. The topological polar surface area (TPSA) is 66.0 Å². The molecule has 1 aliphatic rings. The molecule has 0 radical (unpaired) electrons. The van der Waals surface area contributed by atoms with Crippen LogP contribution >= 0.6 is 24.0 Å². The molecular formula is C24H33IN4O2. The van der Waals surface area contributed by atoms with E-state index in [0.29, 0.717) is 19.5 Å². The quantitative estimate of drug-likeness (QED) is 0.233. The second-order valence-corrected chi connectivity index (χ2v) is 7.75. The largest absolute Gasteiger partial charge is 0.489 e. The van der Waals surface area contributed by atoms with Gasteiger partial charge in [0.2, 0.25) is 5.91 Å². The van der Waals surface area contributed by atoms with Gasteiger partial charge in [-0.3, -0.25) is 9.79 Å². The summed E-state index contributed by atoms with van der Waals surface area (Å²) in [6.45, 7) is 6.86. The molecule has 0 bridgehead atoms. The number of aliphatic imine (C=N–C) groups is 1. The van der Waals surface area contributed by atoms with Crippen molar-refractivity contribution >= 4 is 35.8 Å². The Kier molecular flexibility index (Phi) is 10.1.